The van der Waals surface area contributed by atoms with Crippen LogP contribution in [0.3, 0.4) is 0 Å². The number of H-pyrrole nitrogens is 1. The lowest BCUT2D eigenvalue weighted by molar-refractivity contribution is 0.0810. The Bertz CT molecular complexity index is 1220. The molecule has 0 bridgehead atoms. The van der Waals surface area contributed by atoms with Crippen LogP contribution in [0.1, 0.15) is 83.6 Å². The summed E-state index contributed by atoms with van der Waals surface area (Å²) < 4.78 is 13.0. The third-order valence-electron chi connectivity index (χ3n) is 7.03. The minimum absolute atomic E-state index is 0.0178. The molecule has 1 fully saturated rings. The van der Waals surface area contributed by atoms with Gasteiger partial charge in [-0.15, -0.1) is 5.10 Å². The zero-order chi connectivity index (χ0) is 23.9. The molecule has 5 rings (SSSR count). The number of hydrogen-bond donors (Lipinski definition) is 1. The van der Waals surface area contributed by atoms with Gasteiger partial charge in [0.1, 0.15) is 0 Å². The average molecular weight is 467 g/mol. The predicted octanol–water partition coefficient (Wildman–Crippen LogP) is 4.28. The summed E-state index contributed by atoms with van der Waals surface area (Å²) in [7, 11) is 0. The van der Waals surface area contributed by atoms with Crippen molar-refractivity contribution in [2.75, 3.05) is 6.79 Å². The molecule has 1 unspecified atom stereocenters. The topological polar surface area (TPSA) is 98.2 Å². The maximum absolute atomic E-state index is 13.2. The van der Waals surface area contributed by atoms with Gasteiger partial charge < -0.3 is 14.5 Å². The maximum Gasteiger partial charge on any atom is 0.252 e. The monoisotopic (exact) mass is 466 g/mol. The number of nitrogens with one attached hydrogen (secondary N) is 1. The lowest BCUT2D eigenvalue weighted by Gasteiger charge is -2.39. The highest BCUT2D eigenvalue weighted by atomic mass is 16.7. The van der Waals surface area contributed by atoms with Crippen molar-refractivity contribution in [1.29, 1.82) is 0 Å². The number of tetrazole rings is 1. The van der Waals surface area contributed by atoms with E-state index in [0.29, 0.717) is 24.1 Å². The molecule has 0 saturated heterocycles. The van der Waals surface area contributed by atoms with Gasteiger partial charge in [-0.25, -0.2) is 4.68 Å². The van der Waals surface area contributed by atoms with E-state index in [-0.39, 0.29) is 23.9 Å². The first-order valence-electron chi connectivity index (χ1n) is 12.3. The zero-order valence-electron chi connectivity index (χ0n) is 20.5. The van der Waals surface area contributed by atoms with Gasteiger partial charge in [0.25, 0.3) is 5.56 Å². The minimum atomic E-state index is -0.229. The summed E-state index contributed by atoms with van der Waals surface area (Å²) >= 11 is 0. The van der Waals surface area contributed by atoms with Crippen LogP contribution < -0.4 is 15.0 Å². The van der Waals surface area contributed by atoms with Crippen molar-refractivity contribution in [1.82, 2.24) is 30.1 Å². The Hall–Kier alpha value is -2.94. The largest absolute Gasteiger partial charge is 0.454 e. The van der Waals surface area contributed by atoms with Crippen molar-refractivity contribution in [3.63, 3.8) is 0 Å². The van der Waals surface area contributed by atoms with E-state index in [9.17, 15) is 4.79 Å². The molecule has 1 aliphatic heterocycles. The molecule has 3 heterocycles. The second-order valence-corrected chi connectivity index (χ2v) is 10.4. The Kier molecular flexibility index (Phi) is 6.06. The van der Waals surface area contributed by atoms with Gasteiger partial charge in [-0.05, 0) is 62.6 Å². The van der Waals surface area contributed by atoms with Gasteiger partial charge in [-0.2, -0.15) is 0 Å². The number of benzene rings is 1. The number of pyridine rings is 1. The molecule has 0 amide bonds. The van der Waals surface area contributed by atoms with Crippen LogP contribution in [0.4, 0.5) is 0 Å². The standard InChI is InChI=1S/C25H34N6O3/c1-5-20(23-27-28-29-31(23)25(2,3)4)30(18-9-7-6-8-10-18)14-17-11-16-12-21-22(34-15-33-21)13-19(16)26-24(17)32/h11-13,18,20H,5-10,14-15H2,1-4H3,(H,26,32). The molecule has 0 spiro atoms. The normalized spacial score (nSPS) is 17.6. The molecule has 9 heteroatoms. The second-order valence-electron chi connectivity index (χ2n) is 10.4. The van der Waals surface area contributed by atoms with E-state index >= 15 is 0 Å². The van der Waals surface area contributed by atoms with Crippen LogP contribution in [0.25, 0.3) is 10.9 Å². The molecule has 1 N–H and O–H groups in total. The molecule has 1 saturated carbocycles. The highest BCUT2D eigenvalue weighted by molar-refractivity contribution is 5.83. The fourth-order valence-corrected chi connectivity index (χ4v) is 5.31. The zero-order valence-corrected chi connectivity index (χ0v) is 20.5. The highest BCUT2D eigenvalue weighted by Gasteiger charge is 2.34. The third kappa shape index (κ3) is 4.29. The first-order valence-corrected chi connectivity index (χ1v) is 12.3. The Labute approximate surface area is 199 Å². The smallest absolute Gasteiger partial charge is 0.252 e. The number of rotatable bonds is 6. The van der Waals surface area contributed by atoms with Crippen LogP contribution in [-0.2, 0) is 12.1 Å². The second kappa shape index (κ2) is 9.02. The first kappa shape index (κ1) is 22.8. The van der Waals surface area contributed by atoms with Gasteiger partial charge >= 0.3 is 0 Å². The fourth-order valence-electron chi connectivity index (χ4n) is 5.31. The Balaban J connectivity index is 1.54. The molecular weight excluding hydrogens is 432 g/mol. The van der Waals surface area contributed by atoms with Crippen LogP contribution >= 0.6 is 0 Å². The fraction of sp³-hybridized carbons (Fsp3) is 0.600. The summed E-state index contributed by atoms with van der Waals surface area (Å²) in [4.78, 5) is 18.7. The summed E-state index contributed by atoms with van der Waals surface area (Å²) in [6.07, 6.45) is 6.79. The first-order chi connectivity index (χ1) is 16.3. The number of aromatic nitrogens is 5. The van der Waals surface area contributed by atoms with Gasteiger partial charge in [-0.3, -0.25) is 9.69 Å². The van der Waals surface area contributed by atoms with E-state index in [2.05, 4.69) is 53.1 Å². The molecule has 9 nitrogen and oxygen atoms in total. The maximum atomic E-state index is 13.2. The van der Waals surface area contributed by atoms with E-state index in [0.717, 1.165) is 41.6 Å². The van der Waals surface area contributed by atoms with Gasteiger partial charge in [0.05, 0.1) is 17.1 Å². The highest BCUT2D eigenvalue weighted by Crippen LogP contribution is 2.37. The van der Waals surface area contributed by atoms with Crippen LogP contribution in [0, 0.1) is 0 Å². The number of hydrogen-bond acceptors (Lipinski definition) is 7. The van der Waals surface area contributed by atoms with E-state index < -0.39 is 0 Å². The van der Waals surface area contributed by atoms with E-state index in [1.807, 2.05) is 22.9 Å². The molecular formula is C25H34N6O3. The predicted molar refractivity (Wildman–Crippen MR) is 129 cm³/mol. The molecule has 2 aromatic heterocycles. The van der Waals surface area contributed by atoms with E-state index in [1.54, 1.807) is 0 Å². The SMILES string of the molecule is CCC(c1nnnn1C(C)(C)C)N(Cc1cc2cc3c(cc2[nH]c1=O)OCO3)C1CCCCC1. The van der Waals surface area contributed by atoms with Gasteiger partial charge in [-0.1, -0.05) is 26.2 Å². The van der Waals surface area contributed by atoms with Crippen LogP contribution in [-0.4, -0.2) is 42.9 Å². The summed E-state index contributed by atoms with van der Waals surface area (Å²) in [6, 6.07) is 6.18. The summed E-state index contributed by atoms with van der Waals surface area (Å²) in [6.45, 7) is 9.26. The Morgan fingerprint density at radius 3 is 2.59 bits per heavy atom. The van der Waals surface area contributed by atoms with Crippen molar-refractivity contribution < 1.29 is 9.47 Å². The van der Waals surface area contributed by atoms with Crippen molar-refractivity contribution in [3.05, 3.63) is 39.9 Å². The summed E-state index contributed by atoms with van der Waals surface area (Å²) in [5.74, 6) is 2.24. The molecule has 34 heavy (non-hydrogen) atoms. The van der Waals surface area contributed by atoms with Gasteiger partial charge in [0.2, 0.25) is 6.79 Å². The summed E-state index contributed by atoms with van der Waals surface area (Å²) in [5.41, 5.74) is 1.20. The van der Waals surface area contributed by atoms with Crippen LogP contribution in [0.15, 0.2) is 23.0 Å². The number of ether oxygens (including phenoxy) is 2. The molecule has 2 aliphatic rings. The van der Waals surface area contributed by atoms with Crippen molar-refractivity contribution in [3.8, 4) is 11.5 Å². The Morgan fingerprint density at radius 1 is 1.15 bits per heavy atom. The third-order valence-corrected chi connectivity index (χ3v) is 7.03. The minimum Gasteiger partial charge on any atom is -0.454 e. The number of fused-ring (bicyclic) bond motifs is 2. The van der Waals surface area contributed by atoms with E-state index in [4.69, 9.17) is 9.47 Å². The molecule has 1 atom stereocenters. The number of nitrogens with zero attached hydrogens (tertiary/aromatic N) is 5. The Morgan fingerprint density at radius 2 is 1.88 bits per heavy atom. The quantitative estimate of drug-likeness (QED) is 0.579. The van der Waals surface area contributed by atoms with Crippen molar-refractivity contribution >= 4 is 10.9 Å². The molecule has 0 radical (unpaired) electrons. The molecule has 1 aliphatic carbocycles. The van der Waals surface area contributed by atoms with Gasteiger partial charge in [0.15, 0.2) is 17.3 Å². The molecule has 182 valence electrons. The molecule has 1 aromatic carbocycles. The lowest BCUT2D eigenvalue weighted by Crippen LogP contribution is -2.42. The van der Waals surface area contributed by atoms with Crippen LogP contribution in [0.2, 0.25) is 0 Å². The van der Waals surface area contributed by atoms with Crippen molar-refractivity contribution in [2.45, 2.75) is 90.4 Å². The molecule has 3 aromatic rings. The van der Waals surface area contributed by atoms with Gasteiger partial charge in [0, 0.05) is 29.6 Å². The van der Waals surface area contributed by atoms with E-state index in [1.165, 1.54) is 19.3 Å². The van der Waals surface area contributed by atoms with Crippen molar-refractivity contribution in [2.24, 2.45) is 0 Å². The number of aromatic amines is 1. The lowest BCUT2D eigenvalue weighted by atomic mass is 9.92. The van der Waals surface area contributed by atoms with Crippen LogP contribution in [0.5, 0.6) is 11.5 Å². The summed E-state index contributed by atoms with van der Waals surface area (Å²) in [5, 5.41) is 13.8. The average Bonchev–Trinajstić information content (AvgIpc) is 3.48.